The number of ether oxygens (including phenoxy) is 1. The minimum absolute atomic E-state index is 0.0103. The van der Waals surface area contributed by atoms with Gasteiger partial charge < -0.3 is 10.5 Å². The molecule has 0 atom stereocenters. The van der Waals surface area contributed by atoms with E-state index in [0.717, 1.165) is 5.56 Å². The fourth-order valence-electron chi connectivity index (χ4n) is 1.39. The van der Waals surface area contributed by atoms with Gasteiger partial charge >= 0.3 is 12.3 Å². The number of rotatable bonds is 8. The molecule has 1 aromatic rings. The van der Waals surface area contributed by atoms with E-state index in [1.807, 2.05) is 0 Å². The van der Waals surface area contributed by atoms with E-state index in [-0.39, 0.29) is 11.4 Å². The van der Waals surface area contributed by atoms with Gasteiger partial charge in [0.25, 0.3) is 0 Å². The van der Waals surface area contributed by atoms with Crippen LogP contribution in [-0.4, -0.2) is 39.7 Å². The van der Waals surface area contributed by atoms with E-state index in [2.05, 4.69) is 4.74 Å². The van der Waals surface area contributed by atoms with Crippen LogP contribution in [0.2, 0.25) is 0 Å². The second-order valence-electron chi connectivity index (χ2n) is 4.28. The Balaban J connectivity index is 2.53. The average molecular weight is 329 g/mol. The van der Waals surface area contributed by atoms with Gasteiger partial charge in [0, 0.05) is 6.54 Å². The Morgan fingerprint density at radius 2 is 1.76 bits per heavy atom. The molecule has 2 N–H and O–H groups in total. The van der Waals surface area contributed by atoms with Crippen molar-refractivity contribution in [2.24, 2.45) is 5.73 Å². The minimum Gasteiger partial charge on any atom is -0.374 e. The summed E-state index contributed by atoms with van der Waals surface area (Å²) in [6, 6.07) is 5.73. The van der Waals surface area contributed by atoms with Crippen LogP contribution in [0, 0.1) is 0 Å². The zero-order chi connectivity index (χ0) is 16.1. The van der Waals surface area contributed by atoms with E-state index in [1.165, 1.54) is 24.3 Å². The van der Waals surface area contributed by atoms with E-state index in [0.29, 0.717) is 0 Å². The Hall–Kier alpha value is -1.19. The number of hydrogen-bond acceptors (Lipinski definition) is 4. The van der Waals surface area contributed by atoms with Crippen LogP contribution in [0.15, 0.2) is 29.2 Å². The molecule has 0 amide bonds. The van der Waals surface area contributed by atoms with Gasteiger partial charge in [-0.15, -0.1) is 0 Å². The molecule has 0 saturated heterocycles. The third kappa shape index (κ3) is 5.25. The number of nitrogens with two attached hydrogens (primary N) is 1. The highest BCUT2D eigenvalue weighted by Crippen LogP contribution is 2.23. The van der Waals surface area contributed by atoms with E-state index >= 15 is 0 Å². The number of hydrogen-bond donors (Lipinski definition) is 1. The van der Waals surface area contributed by atoms with E-state index in [9.17, 15) is 26.0 Å². The molecule has 0 aromatic heterocycles. The van der Waals surface area contributed by atoms with Crippen LogP contribution in [0.4, 0.5) is 17.6 Å². The molecule has 1 rings (SSSR count). The van der Waals surface area contributed by atoms with Crippen molar-refractivity contribution in [2.75, 3.05) is 19.0 Å². The molecule has 0 unspecified atom stereocenters. The van der Waals surface area contributed by atoms with Gasteiger partial charge in [-0.25, -0.2) is 17.2 Å². The fraction of sp³-hybridized carbons (Fsp3) is 0.500. The van der Waals surface area contributed by atoms with Crippen LogP contribution < -0.4 is 5.73 Å². The van der Waals surface area contributed by atoms with Crippen LogP contribution in [0.25, 0.3) is 0 Å². The lowest BCUT2D eigenvalue weighted by Gasteiger charge is -2.15. The summed E-state index contributed by atoms with van der Waals surface area (Å²) in [5.74, 6) is -4.86. The largest absolute Gasteiger partial charge is 0.374 e. The molecule has 0 aliphatic heterocycles. The maximum Gasteiger partial charge on any atom is 0.330 e. The Kier molecular flexibility index (Phi) is 6.11. The molecule has 120 valence electrons. The summed E-state index contributed by atoms with van der Waals surface area (Å²) >= 11 is 0. The molecule has 9 heteroatoms. The van der Waals surface area contributed by atoms with Gasteiger partial charge in [-0.3, -0.25) is 0 Å². The lowest BCUT2D eigenvalue weighted by atomic mass is 10.2. The first-order valence-electron chi connectivity index (χ1n) is 5.94. The molecule has 0 aliphatic rings. The topological polar surface area (TPSA) is 69.4 Å². The maximum atomic E-state index is 12.5. The normalized spacial score (nSPS) is 12.9. The monoisotopic (exact) mass is 329 g/mol. The molecule has 1 aromatic carbocycles. The van der Waals surface area contributed by atoms with E-state index < -0.39 is 41.2 Å². The van der Waals surface area contributed by atoms with Crippen molar-refractivity contribution in [1.82, 2.24) is 0 Å². The average Bonchev–Trinajstić information content (AvgIpc) is 2.43. The van der Waals surface area contributed by atoms with Gasteiger partial charge in [0.15, 0.2) is 9.84 Å². The predicted octanol–water partition coefficient (Wildman–Crippen LogP) is 1.84. The number of alkyl halides is 4. The number of halogens is 4. The van der Waals surface area contributed by atoms with Gasteiger partial charge in [0.1, 0.15) is 6.61 Å². The molecule has 0 bridgehead atoms. The first kappa shape index (κ1) is 17.9. The first-order chi connectivity index (χ1) is 9.69. The molecule has 0 fully saturated rings. The molecular formula is C12H15F4NO3S. The third-order valence-corrected chi connectivity index (χ3v) is 4.32. The van der Waals surface area contributed by atoms with Crippen LogP contribution in [0.1, 0.15) is 5.56 Å². The van der Waals surface area contributed by atoms with E-state index in [1.54, 1.807) is 0 Å². The molecule has 0 spiro atoms. The van der Waals surface area contributed by atoms with Crippen LogP contribution in [-0.2, 0) is 21.1 Å². The van der Waals surface area contributed by atoms with Crippen molar-refractivity contribution in [3.05, 3.63) is 29.8 Å². The van der Waals surface area contributed by atoms with Gasteiger partial charge in [-0.1, -0.05) is 12.1 Å². The van der Waals surface area contributed by atoms with Crippen molar-refractivity contribution in [2.45, 2.75) is 23.8 Å². The zero-order valence-corrected chi connectivity index (χ0v) is 11.8. The van der Waals surface area contributed by atoms with Crippen LogP contribution in [0.3, 0.4) is 0 Å². The molecule has 4 nitrogen and oxygen atoms in total. The van der Waals surface area contributed by atoms with Gasteiger partial charge in [-0.05, 0) is 17.7 Å². The number of sulfone groups is 1. The maximum absolute atomic E-state index is 12.5. The van der Waals surface area contributed by atoms with Crippen molar-refractivity contribution in [3.8, 4) is 0 Å². The van der Waals surface area contributed by atoms with Crippen molar-refractivity contribution in [3.63, 3.8) is 0 Å². The van der Waals surface area contributed by atoms with Crippen molar-refractivity contribution < 1.29 is 30.7 Å². The molecule has 0 saturated carbocycles. The van der Waals surface area contributed by atoms with Gasteiger partial charge in [0.2, 0.25) is 0 Å². The second-order valence-corrected chi connectivity index (χ2v) is 6.39. The molecule has 0 heterocycles. The Bertz CT molecular complexity index is 546. The van der Waals surface area contributed by atoms with Gasteiger partial charge in [-0.2, -0.15) is 8.78 Å². The summed E-state index contributed by atoms with van der Waals surface area (Å²) in [4.78, 5) is -0.0103. The van der Waals surface area contributed by atoms with Crippen molar-refractivity contribution in [1.29, 1.82) is 0 Å². The lowest BCUT2D eigenvalue weighted by Crippen LogP contribution is -2.33. The molecule has 21 heavy (non-hydrogen) atoms. The summed E-state index contributed by atoms with van der Waals surface area (Å²) in [6.07, 6.45) is -3.85. The predicted molar refractivity (Wildman–Crippen MR) is 68.2 cm³/mol. The smallest absolute Gasteiger partial charge is 0.330 e. The first-order valence-corrected chi connectivity index (χ1v) is 7.60. The SMILES string of the molecule is NCc1ccc(S(=O)(=O)CCOCC(F)(F)C(F)F)cc1. The Morgan fingerprint density at radius 3 is 2.24 bits per heavy atom. The quantitative estimate of drug-likeness (QED) is 0.584. The van der Waals surface area contributed by atoms with Crippen LogP contribution in [0.5, 0.6) is 0 Å². The standard InChI is InChI=1S/C12H15F4NO3S/c13-11(14)12(15,16)8-20-5-6-21(18,19)10-3-1-9(7-17)2-4-10/h1-4,11H,5-8,17H2. The summed E-state index contributed by atoms with van der Waals surface area (Å²) in [7, 11) is -3.72. The number of benzene rings is 1. The van der Waals surface area contributed by atoms with Gasteiger partial charge in [0.05, 0.1) is 17.3 Å². The van der Waals surface area contributed by atoms with Crippen molar-refractivity contribution >= 4 is 9.84 Å². The lowest BCUT2D eigenvalue weighted by molar-refractivity contribution is -0.164. The fourth-order valence-corrected chi connectivity index (χ4v) is 2.51. The summed E-state index contributed by atoms with van der Waals surface area (Å²) in [5.41, 5.74) is 6.11. The second kappa shape index (κ2) is 7.19. The molecule has 0 radical (unpaired) electrons. The highest BCUT2D eigenvalue weighted by molar-refractivity contribution is 7.91. The summed E-state index contributed by atoms with van der Waals surface area (Å²) in [6.45, 7) is -1.86. The molecule has 0 aliphatic carbocycles. The summed E-state index contributed by atoms with van der Waals surface area (Å²) in [5, 5.41) is 0. The summed E-state index contributed by atoms with van der Waals surface area (Å²) < 4.78 is 76.8. The minimum atomic E-state index is -4.29. The Morgan fingerprint density at radius 1 is 1.19 bits per heavy atom. The zero-order valence-electron chi connectivity index (χ0n) is 10.9. The highest BCUT2D eigenvalue weighted by Gasteiger charge is 2.40. The van der Waals surface area contributed by atoms with E-state index in [4.69, 9.17) is 5.73 Å². The van der Waals surface area contributed by atoms with Crippen LogP contribution >= 0.6 is 0 Å². The highest BCUT2D eigenvalue weighted by atomic mass is 32.2. The molecular weight excluding hydrogens is 314 g/mol. The third-order valence-electron chi connectivity index (χ3n) is 2.63. The Labute approximate surface area is 119 Å².